The van der Waals surface area contributed by atoms with Crippen molar-refractivity contribution in [1.29, 1.82) is 5.41 Å². The number of nitrogens with one attached hydrogen (secondary N) is 1. The van der Waals surface area contributed by atoms with Crippen LogP contribution in [0.2, 0.25) is 0 Å². The average molecular weight is 114 g/mol. The van der Waals surface area contributed by atoms with Crippen molar-refractivity contribution in [2.24, 2.45) is 5.92 Å². The van der Waals surface area contributed by atoms with Gasteiger partial charge in [0.1, 0.15) is 5.84 Å². The molecule has 0 radical (unpaired) electrons. The van der Waals surface area contributed by atoms with Crippen LogP contribution in [0.15, 0.2) is 0 Å². The van der Waals surface area contributed by atoms with Crippen molar-refractivity contribution in [3.8, 4) is 0 Å². The summed E-state index contributed by atoms with van der Waals surface area (Å²) in [5, 5.41) is 16.8. The van der Waals surface area contributed by atoms with Gasteiger partial charge in [0, 0.05) is 13.0 Å². The summed E-state index contributed by atoms with van der Waals surface area (Å²) in [5.74, 6) is 0.796. The van der Waals surface area contributed by atoms with E-state index in [0.29, 0.717) is 18.3 Å². The molecule has 0 aromatic rings. The number of hydrogen-bond donors (Lipinski definition) is 2. The summed E-state index contributed by atoms with van der Waals surface area (Å²) in [6.07, 6.45) is 0.719. The largest absolute Gasteiger partial charge is 0.287 e. The van der Waals surface area contributed by atoms with Gasteiger partial charge < -0.3 is 0 Å². The van der Waals surface area contributed by atoms with Gasteiger partial charge in [-0.3, -0.25) is 10.6 Å². The second-order valence-electron chi connectivity index (χ2n) is 2.34. The molecule has 1 fully saturated rings. The monoisotopic (exact) mass is 114 g/mol. The van der Waals surface area contributed by atoms with Gasteiger partial charge >= 0.3 is 0 Å². The highest BCUT2D eigenvalue weighted by Crippen LogP contribution is 2.13. The van der Waals surface area contributed by atoms with Gasteiger partial charge in [-0.25, -0.2) is 5.06 Å². The molecule has 46 valence electrons. The Hall–Kier alpha value is -0.570. The molecule has 0 aromatic heterocycles. The van der Waals surface area contributed by atoms with Gasteiger partial charge in [-0.1, -0.05) is 6.92 Å². The molecule has 3 heteroatoms. The Morgan fingerprint density at radius 3 is 2.62 bits per heavy atom. The molecule has 0 spiro atoms. The van der Waals surface area contributed by atoms with E-state index >= 15 is 0 Å². The lowest BCUT2D eigenvalue weighted by Crippen LogP contribution is -2.18. The second-order valence-corrected chi connectivity index (χ2v) is 2.34. The highest BCUT2D eigenvalue weighted by atomic mass is 16.5. The first-order valence-electron chi connectivity index (χ1n) is 2.74. The second kappa shape index (κ2) is 1.74. The highest BCUT2D eigenvalue weighted by Gasteiger charge is 2.20. The summed E-state index contributed by atoms with van der Waals surface area (Å²) in [6.45, 7) is 2.64. The van der Waals surface area contributed by atoms with Gasteiger partial charge in [0.15, 0.2) is 0 Å². The Kier molecular flexibility index (Phi) is 1.21. The lowest BCUT2D eigenvalue weighted by molar-refractivity contribution is -0.00989. The van der Waals surface area contributed by atoms with Crippen LogP contribution in [0.1, 0.15) is 13.3 Å². The molecular formula is C5H10N2O. The van der Waals surface area contributed by atoms with Gasteiger partial charge in [0.25, 0.3) is 0 Å². The first-order valence-corrected chi connectivity index (χ1v) is 2.74. The van der Waals surface area contributed by atoms with Crippen LogP contribution < -0.4 is 0 Å². The molecule has 1 unspecified atom stereocenters. The van der Waals surface area contributed by atoms with E-state index in [9.17, 15) is 0 Å². The van der Waals surface area contributed by atoms with Crippen molar-refractivity contribution in [3.05, 3.63) is 0 Å². The summed E-state index contributed by atoms with van der Waals surface area (Å²) in [6, 6.07) is 0. The van der Waals surface area contributed by atoms with Gasteiger partial charge in [-0.05, 0) is 5.92 Å². The number of hydroxylamine groups is 2. The normalized spacial score (nSPS) is 29.5. The predicted octanol–water partition coefficient (Wildman–Crippen LogP) is 0.695. The Bertz CT molecular complexity index is 113. The minimum Gasteiger partial charge on any atom is -0.287 e. The van der Waals surface area contributed by atoms with Crippen molar-refractivity contribution < 1.29 is 5.21 Å². The van der Waals surface area contributed by atoms with E-state index in [4.69, 9.17) is 10.6 Å². The number of rotatable bonds is 0. The third-order valence-electron chi connectivity index (χ3n) is 1.34. The fourth-order valence-corrected chi connectivity index (χ4v) is 0.905. The maximum atomic E-state index is 8.78. The predicted molar refractivity (Wildman–Crippen MR) is 30.0 cm³/mol. The van der Waals surface area contributed by atoms with Gasteiger partial charge in [0.2, 0.25) is 0 Å². The molecule has 1 rings (SSSR count). The molecule has 1 atom stereocenters. The van der Waals surface area contributed by atoms with Crippen LogP contribution >= 0.6 is 0 Å². The summed E-state index contributed by atoms with van der Waals surface area (Å²) in [7, 11) is 0. The summed E-state index contributed by atoms with van der Waals surface area (Å²) in [4.78, 5) is 0. The SMILES string of the molecule is CC1CC(=N)N(O)C1. The Balaban J connectivity index is 2.51. The Labute approximate surface area is 48.4 Å². The van der Waals surface area contributed by atoms with Crippen LogP contribution in [0.4, 0.5) is 0 Å². The Morgan fingerprint density at radius 2 is 2.50 bits per heavy atom. The van der Waals surface area contributed by atoms with E-state index in [1.807, 2.05) is 6.92 Å². The van der Waals surface area contributed by atoms with Gasteiger partial charge in [-0.2, -0.15) is 0 Å². The van der Waals surface area contributed by atoms with Crippen LogP contribution in [-0.2, 0) is 0 Å². The molecule has 8 heavy (non-hydrogen) atoms. The van der Waals surface area contributed by atoms with Crippen molar-refractivity contribution in [2.75, 3.05) is 6.54 Å². The summed E-state index contributed by atoms with van der Waals surface area (Å²) >= 11 is 0. The van der Waals surface area contributed by atoms with Crippen LogP contribution in [0.5, 0.6) is 0 Å². The number of amidine groups is 1. The van der Waals surface area contributed by atoms with E-state index in [-0.39, 0.29) is 0 Å². The molecule has 1 saturated heterocycles. The van der Waals surface area contributed by atoms with E-state index < -0.39 is 0 Å². The molecular weight excluding hydrogens is 104 g/mol. The van der Waals surface area contributed by atoms with Crippen molar-refractivity contribution in [3.63, 3.8) is 0 Å². The van der Waals surface area contributed by atoms with Crippen LogP contribution in [-0.4, -0.2) is 22.7 Å². The van der Waals surface area contributed by atoms with E-state index in [1.165, 1.54) is 0 Å². The zero-order chi connectivity index (χ0) is 6.15. The van der Waals surface area contributed by atoms with Gasteiger partial charge in [0.05, 0.1) is 0 Å². The quantitative estimate of drug-likeness (QED) is 0.487. The van der Waals surface area contributed by atoms with E-state index in [0.717, 1.165) is 11.5 Å². The molecule has 0 aliphatic carbocycles. The first kappa shape index (κ1) is 5.56. The molecule has 1 aliphatic rings. The molecule has 2 N–H and O–H groups in total. The fraction of sp³-hybridized carbons (Fsp3) is 0.800. The summed E-state index contributed by atoms with van der Waals surface area (Å²) < 4.78 is 0. The minimum absolute atomic E-state index is 0.345. The van der Waals surface area contributed by atoms with Crippen molar-refractivity contribution in [1.82, 2.24) is 5.06 Å². The lowest BCUT2D eigenvalue weighted by Gasteiger charge is -2.05. The zero-order valence-corrected chi connectivity index (χ0v) is 4.89. The number of hydrogen-bond acceptors (Lipinski definition) is 2. The van der Waals surface area contributed by atoms with Crippen LogP contribution in [0.3, 0.4) is 0 Å². The molecule has 1 heterocycles. The fourth-order valence-electron chi connectivity index (χ4n) is 0.905. The Morgan fingerprint density at radius 1 is 1.88 bits per heavy atom. The van der Waals surface area contributed by atoms with Crippen LogP contribution in [0, 0.1) is 11.3 Å². The maximum Gasteiger partial charge on any atom is 0.121 e. The molecule has 3 nitrogen and oxygen atoms in total. The number of nitrogens with zero attached hydrogens (tertiary/aromatic N) is 1. The highest BCUT2D eigenvalue weighted by molar-refractivity contribution is 5.80. The van der Waals surface area contributed by atoms with Crippen molar-refractivity contribution >= 4 is 5.84 Å². The molecule has 0 amide bonds. The first-order chi connectivity index (χ1) is 3.70. The van der Waals surface area contributed by atoms with Crippen molar-refractivity contribution in [2.45, 2.75) is 13.3 Å². The minimum atomic E-state index is 0.345. The molecule has 0 aromatic carbocycles. The topological polar surface area (TPSA) is 47.3 Å². The lowest BCUT2D eigenvalue weighted by atomic mass is 10.2. The maximum absolute atomic E-state index is 8.78. The zero-order valence-electron chi connectivity index (χ0n) is 4.89. The van der Waals surface area contributed by atoms with Crippen LogP contribution in [0.25, 0.3) is 0 Å². The standard InChI is InChI=1S/C5H10N2O/c1-4-2-5(6)7(8)3-4/h4,6,8H,2-3H2,1H3. The molecule has 0 saturated carbocycles. The molecule has 1 aliphatic heterocycles. The average Bonchev–Trinajstić information content (AvgIpc) is 1.85. The van der Waals surface area contributed by atoms with Gasteiger partial charge in [-0.15, -0.1) is 0 Å². The summed E-state index contributed by atoms with van der Waals surface area (Å²) in [5.41, 5.74) is 0. The third-order valence-corrected chi connectivity index (χ3v) is 1.34. The van der Waals surface area contributed by atoms with E-state index in [2.05, 4.69) is 0 Å². The molecule has 0 bridgehead atoms. The third kappa shape index (κ3) is 0.816. The van der Waals surface area contributed by atoms with E-state index in [1.54, 1.807) is 0 Å². The smallest absolute Gasteiger partial charge is 0.121 e.